The van der Waals surface area contributed by atoms with Gasteiger partial charge in [-0.3, -0.25) is 0 Å². The van der Waals surface area contributed by atoms with Crippen molar-refractivity contribution >= 4 is 53.9 Å². The zero-order valence-corrected chi connectivity index (χ0v) is 20.6. The maximum Gasteiger partial charge on any atom is 0.240 e. The number of rotatable bonds is 8. The van der Waals surface area contributed by atoms with E-state index in [-0.39, 0.29) is 10.7 Å². The Morgan fingerprint density at radius 2 is 1.82 bits per heavy atom. The molecule has 0 unspecified atom stereocenters. The SMILES string of the molecule is Nc1ncc2ccc(Br)cc2c1N=Nc1ccc(S(=O)(=O)NCCCN2CCCCC2)cc1. The van der Waals surface area contributed by atoms with E-state index >= 15 is 0 Å². The molecule has 1 saturated heterocycles. The summed E-state index contributed by atoms with van der Waals surface area (Å²) in [6.07, 6.45) is 6.24. The number of hydrogen-bond acceptors (Lipinski definition) is 7. The van der Waals surface area contributed by atoms with Gasteiger partial charge in [0.05, 0.1) is 10.6 Å². The Hall–Kier alpha value is -2.40. The number of halogens is 1. The molecule has 0 bridgehead atoms. The Morgan fingerprint density at radius 1 is 1.06 bits per heavy atom. The van der Waals surface area contributed by atoms with Gasteiger partial charge < -0.3 is 10.6 Å². The normalized spacial score (nSPS) is 15.4. The predicted octanol–water partition coefficient (Wildman–Crippen LogP) is 5.15. The van der Waals surface area contributed by atoms with E-state index in [9.17, 15) is 8.42 Å². The summed E-state index contributed by atoms with van der Waals surface area (Å²) in [4.78, 5) is 6.78. The minimum atomic E-state index is -3.56. The third kappa shape index (κ3) is 6.14. The largest absolute Gasteiger partial charge is 0.382 e. The standard InChI is InChI=1S/C23H27BrN6O2S/c24-18-6-5-17-16-26-23(25)22(21(17)15-18)29-28-19-7-9-20(10-8-19)33(31,32)27-11-4-14-30-12-2-1-3-13-30/h5-10,15-16,27H,1-4,11-14H2,(H2,25,26). The molecule has 0 saturated carbocycles. The summed E-state index contributed by atoms with van der Waals surface area (Å²) in [6, 6.07) is 12.1. The average Bonchev–Trinajstić information content (AvgIpc) is 2.82. The van der Waals surface area contributed by atoms with Crippen LogP contribution < -0.4 is 10.5 Å². The second kappa shape index (κ2) is 10.7. The molecule has 10 heteroatoms. The van der Waals surface area contributed by atoms with Crippen LogP contribution in [0.3, 0.4) is 0 Å². The summed E-state index contributed by atoms with van der Waals surface area (Å²) in [7, 11) is -3.56. The van der Waals surface area contributed by atoms with Crippen LogP contribution in [0, 0.1) is 0 Å². The molecule has 2 heterocycles. The molecule has 3 N–H and O–H groups in total. The quantitative estimate of drug-likeness (QED) is 0.308. The van der Waals surface area contributed by atoms with Crippen LogP contribution in [-0.2, 0) is 10.0 Å². The number of aromatic nitrogens is 1. The fraction of sp³-hybridized carbons (Fsp3) is 0.348. The second-order valence-corrected chi connectivity index (χ2v) is 10.8. The van der Waals surface area contributed by atoms with Gasteiger partial charge >= 0.3 is 0 Å². The minimum Gasteiger partial charge on any atom is -0.382 e. The summed E-state index contributed by atoms with van der Waals surface area (Å²) in [5, 5.41) is 10.3. The van der Waals surface area contributed by atoms with Crippen LogP contribution >= 0.6 is 15.9 Å². The third-order valence-electron chi connectivity index (χ3n) is 5.66. The van der Waals surface area contributed by atoms with Crippen molar-refractivity contribution < 1.29 is 8.42 Å². The van der Waals surface area contributed by atoms with Gasteiger partial charge in [-0.15, -0.1) is 5.11 Å². The molecule has 1 aromatic heterocycles. The molecule has 3 aromatic rings. The number of sulfonamides is 1. The highest BCUT2D eigenvalue weighted by Gasteiger charge is 2.14. The van der Waals surface area contributed by atoms with E-state index in [1.54, 1.807) is 18.3 Å². The Bertz CT molecular complexity index is 1240. The first-order chi connectivity index (χ1) is 15.9. The first-order valence-corrected chi connectivity index (χ1v) is 13.3. The lowest BCUT2D eigenvalue weighted by molar-refractivity contribution is 0.227. The van der Waals surface area contributed by atoms with E-state index in [4.69, 9.17) is 5.73 Å². The molecular weight excluding hydrogens is 504 g/mol. The monoisotopic (exact) mass is 530 g/mol. The van der Waals surface area contributed by atoms with E-state index in [0.29, 0.717) is 17.9 Å². The highest BCUT2D eigenvalue weighted by molar-refractivity contribution is 9.10. The number of nitrogens with two attached hydrogens (primary N) is 1. The summed E-state index contributed by atoms with van der Waals surface area (Å²) in [5.74, 6) is 0.275. The van der Waals surface area contributed by atoms with Crippen molar-refractivity contribution in [3.8, 4) is 0 Å². The first-order valence-electron chi connectivity index (χ1n) is 11.0. The van der Waals surface area contributed by atoms with Crippen LogP contribution in [0.5, 0.6) is 0 Å². The van der Waals surface area contributed by atoms with E-state index in [0.717, 1.165) is 41.3 Å². The van der Waals surface area contributed by atoms with Gasteiger partial charge in [0.25, 0.3) is 0 Å². The molecule has 0 atom stereocenters. The molecule has 4 rings (SSSR count). The number of nitrogen functional groups attached to an aromatic ring is 1. The van der Waals surface area contributed by atoms with Gasteiger partial charge in [0.15, 0.2) is 5.82 Å². The van der Waals surface area contributed by atoms with Crippen molar-refractivity contribution in [3.63, 3.8) is 0 Å². The highest BCUT2D eigenvalue weighted by Crippen LogP contribution is 2.33. The third-order valence-corrected chi connectivity index (χ3v) is 7.63. The van der Waals surface area contributed by atoms with Gasteiger partial charge in [0.1, 0.15) is 5.69 Å². The molecular formula is C23H27BrN6O2S. The fourth-order valence-corrected chi connectivity index (χ4v) is 5.30. The van der Waals surface area contributed by atoms with Crippen LogP contribution in [0.2, 0.25) is 0 Å². The lowest BCUT2D eigenvalue weighted by Crippen LogP contribution is -2.33. The predicted molar refractivity (Wildman–Crippen MR) is 135 cm³/mol. The maximum atomic E-state index is 12.6. The molecule has 1 fully saturated rings. The average molecular weight is 531 g/mol. The topological polar surface area (TPSA) is 113 Å². The van der Waals surface area contributed by atoms with Crippen molar-refractivity contribution in [3.05, 3.63) is 53.1 Å². The van der Waals surface area contributed by atoms with E-state index in [2.05, 4.69) is 40.8 Å². The van der Waals surface area contributed by atoms with Gasteiger partial charge in [-0.1, -0.05) is 28.4 Å². The fourth-order valence-electron chi connectivity index (χ4n) is 3.86. The Morgan fingerprint density at radius 3 is 2.58 bits per heavy atom. The number of pyridine rings is 1. The van der Waals surface area contributed by atoms with Gasteiger partial charge in [-0.2, -0.15) is 5.11 Å². The van der Waals surface area contributed by atoms with Gasteiger partial charge in [-0.25, -0.2) is 18.1 Å². The second-order valence-electron chi connectivity index (χ2n) is 8.07. The van der Waals surface area contributed by atoms with Crippen molar-refractivity contribution in [1.29, 1.82) is 0 Å². The maximum absolute atomic E-state index is 12.6. The smallest absolute Gasteiger partial charge is 0.240 e. The number of azo groups is 1. The molecule has 8 nitrogen and oxygen atoms in total. The van der Waals surface area contributed by atoms with E-state index in [1.807, 2.05) is 18.2 Å². The first kappa shape index (κ1) is 23.7. The Balaban J connectivity index is 1.40. The highest BCUT2D eigenvalue weighted by atomic mass is 79.9. The minimum absolute atomic E-state index is 0.203. The lowest BCUT2D eigenvalue weighted by Gasteiger charge is -2.26. The van der Waals surface area contributed by atoms with Crippen molar-refractivity contribution in [2.75, 3.05) is 31.9 Å². The van der Waals surface area contributed by atoms with Crippen molar-refractivity contribution in [1.82, 2.24) is 14.6 Å². The van der Waals surface area contributed by atoms with Crippen molar-refractivity contribution in [2.24, 2.45) is 10.2 Å². The summed E-state index contributed by atoms with van der Waals surface area (Å²) in [6.45, 7) is 3.56. The van der Waals surface area contributed by atoms with Crippen molar-refractivity contribution in [2.45, 2.75) is 30.6 Å². The Kier molecular flexibility index (Phi) is 7.69. The number of likely N-dealkylation sites (tertiary alicyclic amines) is 1. The number of piperidine rings is 1. The summed E-state index contributed by atoms with van der Waals surface area (Å²) >= 11 is 3.46. The number of nitrogens with one attached hydrogen (secondary N) is 1. The molecule has 1 aliphatic heterocycles. The number of fused-ring (bicyclic) bond motifs is 1. The zero-order chi connectivity index (χ0) is 23.3. The molecule has 0 radical (unpaired) electrons. The van der Waals surface area contributed by atoms with Gasteiger partial charge in [0, 0.05) is 28.0 Å². The molecule has 0 aliphatic carbocycles. The van der Waals surface area contributed by atoms with E-state index in [1.165, 1.54) is 31.4 Å². The van der Waals surface area contributed by atoms with Crippen LogP contribution in [0.4, 0.5) is 17.2 Å². The number of benzene rings is 2. The zero-order valence-electron chi connectivity index (χ0n) is 18.2. The van der Waals surface area contributed by atoms with Crippen LogP contribution in [0.1, 0.15) is 25.7 Å². The van der Waals surface area contributed by atoms with Gasteiger partial charge in [0.2, 0.25) is 10.0 Å². The Labute approximate surface area is 202 Å². The van der Waals surface area contributed by atoms with Crippen LogP contribution in [-0.4, -0.2) is 44.5 Å². The van der Waals surface area contributed by atoms with Gasteiger partial charge in [-0.05, 0) is 75.3 Å². The number of hydrogen-bond donors (Lipinski definition) is 2. The van der Waals surface area contributed by atoms with Crippen LogP contribution in [0.25, 0.3) is 10.8 Å². The molecule has 2 aromatic carbocycles. The number of nitrogens with zero attached hydrogens (tertiary/aromatic N) is 4. The molecule has 0 spiro atoms. The molecule has 174 valence electrons. The molecule has 1 aliphatic rings. The van der Waals surface area contributed by atoms with Crippen LogP contribution in [0.15, 0.2) is 68.3 Å². The molecule has 0 amide bonds. The molecule has 33 heavy (non-hydrogen) atoms. The summed E-state index contributed by atoms with van der Waals surface area (Å²) < 4.78 is 28.8. The van der Waals surface area contributed by atoms with E-state index < -0.39 is 10.0 Å². The number of anilines is 1. The summed E-state index contributed by atoms with van der Waals surface area (Å²) in [5.41, 5.74) is 7.01. The lowest BCUT2D eigenvalue weighted by atomic mass is 10.1.